The predicted octanol–water partition coefficient (Wildman–Crippen LogP) is 2.31. The molecule has 0 aromatic heterocycles. The van der Waals surface area contributed by atoms with Crippen molar-refractivity contribution in [2.75, 3.05) is 32.1 Å². The van der Waals surface area contributed by atoms with Crippen molar-refractivity contribution in [3.8, 4) is 11.5 Å². The molecule has 3 rings (SSSR count). The summed E-state index contributed by atoms with van der Waals surface area (Å²) in [5, 5.41) is 2.68. The molecule has 0 bridgehead atoms. The first-order valence-electron chi connectivity index (χ1n) is 7.73. The fourth-order valence-corrected chi connectivity index (χ4v) is 2.36. The Morgan fingerprint density at radius 3 is 2.80 bits per heavy atom. The van der Waals surface area contributed by atoms with Crippen LogP contribution in [0, 0.1) is 5.82 Å². The van der Waals surface area contributed by atoms with E-state index in [2.05, 4.69) is 5.32 Å². The highest BCUT2D eigenvalue weighted by molar-refractivity contribution is 5.98. The number of ether oxygens (including phenoxy) is 2. The highest BCUT2D eigenvalue weighted by atomic mass is 19.1. The Morgan fingerprint density at radius 2 is 2.04 bits per heavy atom. The van der Waals surface area contributed by atoms with E-state index in [1.807, 2.05) is 0 Å². The number of fused-ring (bicyclic) bond motifs is 1. The Balaban J connectivity index is 1.57. The van der Waals surface area contributed by atoms with Gasteiger partial charge in [-0.05, 0) is 42.5 Å². The first-order valence-corrected chi connectivity index (χ1v) is 7.73. The molecule has 0 aliphatic carbocycles. The highest BCUT2D eigenvalue weighted by Crippen LogP contribution is 2.28. The molecular weight excluding hydrogens is 327 g/mol. The minimum absolute atomic E-state index is 0.0635. The highest BCUT2D eigenvalue weighted by Gasteiger charge is 2.19. The van der Waals surface area contributed by atoms with Crippen LogP contribution in [0.3, 0.4) is 0 Å². The van der Waals surface area contributed by atoms with E-state index in [-0.39, 0.29) is 30.8 Å². The van der Waals surface area contributed by atoms with E-state index >= 15 is 0 Å². The lowest BCUT2D eigenvalue weighted by Crippen LogP contribution is -2.31. The van der Waals surface area contributed by atoms with Crippen LogP contribution >= 0.6 is 0 Å². The number of amides is 2. The standard InChI is InChI=1S/C18H17FN2O4/c1-21(8-9-24-14-5-3-13(19)4-6-14)18(23)12-2-7-15-16(10-12)25-11-17(22)20-15/h2-7,10H,8-9,11H2,1H3,(H,20,22). The van der Waals surface area contributed by atoms with E-state index in [9.17, 15) is 14.0 Å². The fraction of sp³-hybridized carbons (Fsp3) is 0.222. The molecular formula is C18H17FN2O4. The number of nitrogens with one attached hydrogen (secondary N) is 1. The van der Waals surface area contributed by atoms with Gasteiger partial charge in [0.25, 0.3) is 11.8 Å². The number of benzene rings is 2. The van der Waals surface area contributed by atoms with E-state index in [4.69, 9.17) is 9.47 Å². The Morgan fingerprint density at radius 1 is 1.28 bits per heavy atom. The van der Waals surface area contributed by atoms with E-state index < -0.39 is 0 Å². The zero-order valence-electron chi connectivity index (χ0n) is 13.6. The summed E-state index contributed by atoms with van der Waals surface area (Å²) in [4.78, 5) is 25.2. The summed E-state index contributed by atoms with van der Waals surface area (Å²) in [6.45, 7) is 0.586. The van der Waals surface area contributed by atoms with Crippen molar-refractivity contribution in [1.82, 2.24) is 4.90 Å². The van der Waals surface area contributed by atoms with Crippen molar-refractivity contribution in [1.29, 1.82) is 0 Å². The van der Waals surface area contributed by atoms with E-state index in [1.165, 1.54) is 29.2 Å². The van der Waals surface area contributed by atoms with Gasteiger partial charge in [0.2, 0.25) is 0 Å². The topological polar surface area (TPSA) is 67.9 Å². The second kappa shape index (κ2) is 7.21. The number of nitrogens with zero attached hydrogens (tertiary/aromatic N) is 1. The van der Waals surface area contributed by atoms with Crippen molar-refractivity contribution in [3.05, 3.63) is 53.8 Å². The third-order valence-corrected chi connectivity index (χ3v) is 3.72. The van der Waals surface area contributed by atoms with E-state index in [1.54, 1.807) is 25.2 Å². The molecule has 0 fully saturated rings. The average molecular weight is 344 g/mol. The van der Waals surface area contributed by atoms with Crippen molar-refractivity contribution >= 4 is 17.5 Å². The lowest BCUT2D eigenvalue weighted by Gasteiger charge is -2.21. The number of anilines is 1. The first kappa shape index (κ1) is 16.8. The Labute approximate surface area is 144 Å². The molecule has 0 radical (unpaired) electrons. The first-order chi connectivity index (χ1) is 12.0. The molecule has 0 atom stereocenters. The predicted molar refractivity (Wildman–Crippen MR) is 89.4 cm³/mol. The minimum Gasteiger partial charge on any atom is -0.492 e. The largest absolute Gasteiger partial charge is 0.492 e. The summed E-state index contributed by atoms with van der Waals surface area (Å²) in [6, 6.07) is 10.6. The maximum Gasteiger partial charge on any atom is 0.262 e. The lowest BCUT2D eigenvalue weighted by atomic mass is 10.1. The van der Waals surface area contributed by atoms with Gasteiger partial charge in [-0.15, -0.1) is 0 Å². The zero-order chi connectivity index (χ0) is 17.8. The van der Waals surface area contributed by atoms with Crippen LogP contribution in [0.5, 0.6) is 11.5 Å². The number of hydrogen-bond donors (Lipinski definition) is 1. The molecule has 1 aliphatic rings. The van der Waals surface area contributed by atoms with Crippen LogP contribution in [0.15, 0.2) is 42.5 Å². The third-order valence-electron chi connectivity index (χ3n) is 3.72. The molecule has 6 nitrogen and oxygen atoms in total. The van der Waals surface area contributed by atoms with Gasteiger partial charge in [-0.3, -0.25) is 9.59 Å². The minimum atomic E-state index is -0.328. The van der Waals surface area contributed by atoms with Gasteiger partial charge < -0.3 is 19.7 Å². The summed E-state index contributed by atoms with van der Waals surface area (Å²) in [5.74, 6) is 0.277. The van der Waals surface area contributed by atoms with Gasteiger partial charge in [0.15, 0.2) is 6.61 Å². The monoisotopic (exact) mass is 344 g/mol. The summed E-state index contributed by atoms with van der Waals surface area (Å²) in [6.07, 6.45) is 0. The third kappa shape index (κ3) is 4.06. The van der Waals surface area contributed by atoms with Crippen LogP contribution in [0.2, 0.25) is 0 Å². The molecule has 25 heavy (non-hydrogen) atoms. The number of likely N-dealkylation sites (N-methyl/N-ethyl adjacent to an activating group) is 1. The zero-order valence-corrected chi connectivity index (χ0v) is 13.6. The second-order valence-corrected chi connectivity index (χ2v) is 5.58. The van der Waals surface area contributed by atoms with Gasteiger partial charge in [0.1, 0.15) is 23.9 Å². The molecule has 0 unspecified atom stereocenters. The van der Waals surface area contributed by atoms with Crippen LogP contribution in [0.25, 0.3) is 0 Å². The fourth-order valence-electron chi connectivity index (χ4n) is 2.36. The SMILES string of the molecule is CN(CCOc1ccc(F)cc1)C(=O)c1ccc2c(c1)OCC(=O)N2. The number of carbonyl (C=O) groups is 2. The molecule has 1 heterocycles. The molecule has 0 saturated carbocycles. The molecule has 0 saturated heterocycles. The Kier molecular flexibility index (Phi) is 4.83. The van der Waals surface area contributed by atoms with Crippen molar-refractivity contribution in [3.63, 3.8) is 0 Å². The lowest BCUT2D eigenvalue weighted by molar-refractivity contribution is -0.118. The molecule has 7 heteroatoms. The van der Waals surface area contributed by atoms with Gasteiger partial charge in [0.05, 0.1) is 12.2 Å². The quantitative estimate of drug-likeness (QED) is 0.904. The van der Waals surface area contributed by atoms with Crippen molar-refractivity contribution in [2.45, 2.75) is 0 Å². The van der Waals surface area contributed by atoms with Crippen LogP contribution < -0.4 is 14.8 Å². The maximum absolute atomic E-state index is 12.8. The molecule has 2 amide bonds. The van der Waals surface area contributed by atoms with Crippen LogP contribution in [0.1, 0.15) is 10.4 Å². The molecule has 130 valence electrons. The van der Waals surface area contributed by atoms with Gasteiger partial charge in [-0.25, -0.2) is 4.39 Å². The number of halogens is 1. The van der Waals surface area contributed by atoms with Gasteiger partial charge in [-0.2, -0.15) is 0 Å². The number of rotatable bonds is 5. The van der Waals surface area contributed by atoms with E-state index in [0.717, 1.165) is 0 Å². The number of carbonyl (C=O) groups excluding carboxylic acids is 2. The summed E-state index contributed by atoms with van der Waals surface area (Å²) in [7, 11) is 1.67. The molecule has 2 aromatic carbocycles. The van der Waals surface area contributed by atoms with Gasteiger partial charge >= 0.3 is 0 Å². The van der Waals surface area contributed by atoms with Crippen LogP contribution in [0.4, 0.5) is 10.1 Å². The molecule has 1 aliphatic heterocycles. The Hall–Kier alpha value is -3.09. The molecule has 0 spiro atoms. The van der Waals surface area contributed by atoms with Crippen molar-refractivity contribution < 1.29 is 23.5 Å². The molecule has 2 aromatic rings. The van der Waals surface area contributed by atoms with Crippen LogP contribution in [-0.2, 0) is 4.79 Å². The van der Waals surface area contributed by atoms with Crippen LogP contribution in [-0.4, -0.2) is 43.5 Å². The molecule has 1 N–H and O–H groups in total. The average Bonchev–Trinajstić information content (AvgIpc) is 2.62. The summed E-state index contributed by atoms with van der Waals surface area (Å²) < 4.78 is 23.6. The maximum atomic E-state index is 12.8. The Bertz CT molecular complexity index is 792. The number of hydrogen-bond acceptors (Lipinski definition) is 4. The van der Waals surface area contributed by atoms with Gasteiger partial charge in [-0.1, -0.05) is 0 Å². The normalized spacial score (nSPS) is 12.6. The smallest absolute Gasteiger partial charge is 0.262 e. The van der Waals surface area contributed by atoms with Gasteiger partial charge in [0, 0.05) is 12.6 Å². The van der Waals surface area contributed by atoms with Crippen molar-refractivity contribution in [2.24, 2.45) is 0 Å². The summed E-state index contributed by atoms with van der Waals surface area (Å²) >= 11 is 0. The second-order valence-electron chi connectivity index (χ2n) is 5.58. The summed E-state index contributed by atoms with van der Waals surface area (Å²) in [5.41, 5.74) is 1.01. The van der Waals surface area contributed by atoms with E-state index in [0.29, 0.717) is 29.3 Å².